The average molecular weight is 648 g/mol. The number of anilines is 4. The van der Waals surface area contributed by atoms with E-state index < -0.39 is 53.0 Å². The molecule has 46 heavy (non-hydrogen) atoms. The summed E-state index contributed by atoms with van der Waals surface area (Å²) < 4.78 is 79.5. The lowest BCUT2D eigenvalue weighted by molar-refractivity contribution is -0.140. The van der Waals surface area contributed by atoms with E-state index in [0.29, 0.717) is 35.1 Å². The number of fused-ring (bicyclic) bond motifs is 1. The van der Waals surface area contributed by atoms with Crippen LogP contribution in [0.25, 0.3) is 11.0 Å². The SMILES string of the molecule is C=CC(=O)Nc1cc(Nc2ncc3cc(Oc4ccc(F)cc4F)c(=O)n(CC(F)(F)F)c3n2)c(OC)cc1N(C)CCN(C)C. The van der Waals surface area contributed by atoms with Crippen LogP contribution in [-0.2, 0) is 11.3 Å². The standard InChI is InChI=1S/C30H30F5N7O4/c1-6-26(43)37-20-13-21(24(45-5)14-22(20)41(4)10-9-40(2)3)38-29-36-15-17-11-25(46-23-8-7-18(31)12-19(23)32)28(44)42(27(17)39-29)16-30(33,34)35/h6-8,11-15H,1,9-10,16H2,2-5H3,(H,37,43)(H,36,38,39). The molecular formula is C30H30F5N7O4. The summed E-state index contributed by atoms with van der Waals surface area (Å²) >= 11 is 0. The molecule has 2 heterocycles. The fraction of sp³-hybridized carbons (Fsp3) is 0.267. The number of rotatable bonds is 12. The summed E-state index contributed by atoms with van der Waals surface area (Å²) in [7, 11) is 7.06. The number of benzene rings is 2. The van der Waals surface area contributed by atoms with Gasteiger partial charge in [0.2, 0.25) is 11.9 Å². The van der Waals surface area contributed by atoms with Crippen LogP contribution in [0.3, 0.4) is 0 Å². The summed E-state index contributed by atoms with van der Waals surface area (Å²) in [5.41, 5.74) is -0.481. The first-order valence-electron chi connectivity index (χ1n) is 13.6. The molecular weight excluding hydrogens is 617 g/mol. The summed E-state index contributed by atoms with van der Waals surface area (Å²) in [6.07, 6.45) is -2.62. The molecule has 16 heteroatoms. The van der Waals surface area contributed by atoms with Crippen LogP contribution >= 0.6 is 0 Å². The number of carbonyl (C=O) groups excluding carboxylic acids is 1. The summed E-state index contributed by atoms with van der Waals surface area (Å²) in [6, 6.07) is 6.51. The zero-order valence-corrected chi connectivity index (χ0v) is 25.2. The van der Waals surface area contributed by atoms with Gasteiger partial charge in [0.1, 0.15) is 23.8 Å². The molecule has 0 unspecified atom stereocenters. The molecule has 11 nitrogen and oxygen atoms in total. The second-order valence-corrected chi connectivity index (χ2v) is 10.3. The number of hydrogen-bond donors (Lipinski definition) is 2. The molecule has 0 aliphatic carbocycles. The van der Waals surface area contributed by atoms with Crippen LogP contribution in [0.4, 0.5) is 45.0 Å². The van der Waals surface area contributed by atoms with Crippen molar-refractivity contribution in [2.75, 3.05) is 56.9 Å². The zero-order chi connectivity index (χ0) is 33.8. The van der Waals surface area contributed by atoms with Crippen molar-refractivity contribution in [3.8, 4) is 17.2 Å². The van der Waals surface area contributed by atoms with Gasteiger partial charge < -0.3 is 29.9 Å². The van der Waals surface area contributed by atoms with Crippen molar-refractivity contribution in [3.63, 3.8) is 0 Å². The third-order valence-electron chi connectivity index (χ3n) is 6.55. The van der Waals surface area contributed by atoms with Crippen LogP contribution in [0.5, 0.6) is 17.2 Å². The third kappa shape index (κ3) is 8.06. The summed E-state index contributed by atoms with van der Waals surface area (Å²) in [5, 5.41) is 5.56. The maximum atomic E-state index is 14.2. The minimum Gasteiger partial charge on any atom is -0.494 e. The van der Waals surface area contributed by atoms with Gasteiger partial charge in [0.05, 0.1) is 24.2 Å². The van der Waals surface area contributed by atoms with Crippen LogP contribution in [0, 0.1) is 11.6 Å². The fourth-order valence-electron chi connectivity index (χ4n) is 4.29. The highest BCUT2D eigenvalue weighted by Gasteiger charge is 2.31. The average Bonchev–Trinajstić information content (AvgIpc) is 2.99. The van der Waals surface area contributed by atoms with Gasteiger partial charge in [-0.15, -0.1) is 0 Å². The minimum atomic E-state index is -4.86. The molecule has 0 spiro atoms. The Bertz CT molecular complexity index is 1830. The Labute approximate surface area is 259 Å². The van der Waals surface area contributed by atoms with E-state index in [0.717, 1.165) is 30.5 Å². The van der Waals surface area contributed by atoms with E-state index in [1.165, 1.54) is 13.2 Å². The van der Waals surface area contributed by atoms with E-state index in [9.17, 15) is 31.5 Å². The minimum absolute atomic E-state index is 0.0457. The van der Waals surface area contributed by atoms with Crippen molar-refractivity contribution in [2.45, 2.75) is 12.7 Å². The molecule has 1 amide bonds. The number of ether oxygens (including phenoxy) is 2. The Hall–Kier alpha value is -5.25. The van der Waals surface area contributed by atoms with Gasteiger partial charge in [-0.25, -0.2) is 13.8 Å². The smallest absolute Gasteiger partial charge is 0.406 e. The Morgan fingerprint density at radius 1 is 1.04 bits per heavy atom. The van der Waals surface area contributed by atoms with Gasteiger partial charge in [-0.05, 0) is 44.4 Å². The second kappa shape index (κ2) is 13.8. The maximum Gasteiger partial charge on any atom is 0.406 e. The number of aromatic nitrogens is 3. The third-order valence-corrected chi connectivity index (χ3v) is 6.55. The largest absolute Gasteiger partial charge is 0.494 e. The Kier molecular flexibility index (Phi) is 10.1. The number of pyridine rings is 1. The highest BCUT2D eigenvalue weighted by Crippen LogP contribution is 2.38. The van der Waals surface area contributed by atoms with Crippen molar-refractivity contribution in [1.29, 1.82) is 0 Å². The molecule has 2 N–H and O–H groups in total. The lowest BCUT2D eigenvalue weighted by Crippen LogP contribution is -2.29. The molecule has 0 radical (unpaired) electrons. The quantitative estimate of drug-likeness (QED) is 0.156. The molecule has 2 aromatic heterocycles. The van der Waals surface area contributed by atoms with E-state index in [4.69, 9.17) is 9.47 Å². The van der Waals surface area contributed by atoms with Gasteiger partial charge in [-0.2, -0.15) is 18.2 Å². The number of nitrogens with one attached hydrogen (secondary N) is 2. The molecule has 4 rings (SSSR count). The first-order chi connectivity index (χ1) is 21.7. The van der Waals surface area contributed by atoms with Crippen molar-refractivity contribution >= 4 is 40.0 Å². The topological polar surface area (TPSA) is 114 Å². The maximum absolute atomic E-state index is 14.2. The van der Waals surface area contributed by atoms with E-state index in [1.54, 1.807) is 6.07 Å². The normalized spacial score (nSPS) is 11.4. The van der Waals surface area contributed by atoms with Crippen LogP contribution in [0.1, 0.15) is 0 Å². The highest BCUT2D eigenvalue weighted by atomic mass is 19.4. The van der Waals surface area contributed by atoms with E-state index in [1.807, 2.05) is 30.9 Å². The monoisotopic (exact) mass is 647 g/mol. The lowest BCUT2D eigenvalue weighted by atomic mass is 10.2. The van der Waals surface area contributed by atoms with Gasteiger partial charge in [-0.1, -0.05) is 6.58 Å². The van der Waals surface area contributed by atoms with Crippen LogP contribution in [0.2, 0.25) is 0 Å². The molecule has 0 fully saturated rings. The molecule has 244 valence electrons. The first-order valence-corrected chi connectivity index (χ1v) is 13.6. The predicted octanol–water partition coefficient (Wildman–Crippen LogP) is 5.30. The second-order valence-electron chi connectivity index (χ2n) is 10.3. The number of methoxy groups -OCH3 is 1. The molecule has 4 aromatic rings. The van der Waals surface area contributed by atoms with E-state index >= 15 is 0 Å². The number of alkyl halides is 3. The number of hydrogen-bond acceptors (Lipinski definition) is 9. The molecule has 0 bridgehead atoms. The molecule has 2 aromatic carbocycles. The van der Waals surface area contributed by atoms with E-state index in [-0.39, 0.29) is 22.8 Å². The fourth-order valence-corrected chi connectivity index (χ4v) is 4.29. The Balaban J connectivity index is 1.79. The van der Waals surface area contributed by atoms with Crippen LogP contribution < -0.4 is 30.6 Å². The van der Waals surface area contributed by atoms with Gasteiger partial charge >= 0.3 is 6.18 Å². The Morgan fingerprint density at radius 2 is 1.78 bits per heavy atom. The summed E-state index contributed by atoms with van der Waals surface area (Å²) in [4.78, 5) is 37.6. The Morgan fingerprint density at radius 3 is 2.41 bits per heavy atom. The molecule has 0 saturated heterocycles. The number of amides is 1. The first kappa shape index (κ1) is 33.6. The molecule has 0 aliphatic rings. The number of carbonyl (C=O) groups is 1. The van der Waals surface area contributed by atoms with Gasteiger partial charge in [0.25, 0.3) is 5.56 Å². The van der Waals surface area contributed by atoms with E-state index in [2.05, 4.69) is 27.2 Å². The molecule has 0 aliphatic heterocycles. The summed E-state index contributed by atoms with van der Waals surface area (Å²) in [6.45, 7) is 3.01. The van der Waals surface area contributed by atoms with Gasteiger partial charge in [-0.3, -0.25) is 14.2 Å². The van der Waals surface area contributed by atoms with Crippen molar-refractivity contribution in [2.24, 2.45) is 0 Å². The van der Waals surface area contributed by atoms with Crippen molar-refractivity contribution in [3.05, 3.63) is 77.2 Å². The summed E-state index contributed by atoms with van der Waals surface area (Å²) in [5.74, 6) is -3.73. The lowest BCUT2D eigenvalue weighted by Gasteiger charge is -2.26. The van der Waals surface area contributed by atoms with Crippen molar-refractivity contribution < 1.29 is 36.2 Å². The zero-order valence-electron chi connectivity index (χ0n) is 25.2. The van der Waals surface area contributed by atoms with Gasteiger partial charge in [0.15, 0.2) is 17.3 Å². The van der Waals surface area contributed by atoms with Crippen LogP contribution in [0.15, 0.2) is 60.0 Å². The number of halogens is 5. The van der Waals surface area contributed by atoms with Crippen LogP contribution in [-0.4, -0.2) is 72.9 Å². The molecule has 0 saturated carbocycles. The molecule has 0 atom stereocenters. The van der Waals surface area contributed by atoms with Crippen molar-refractivity contribution in [1.82, 2.24) is 19.4 Å². The van der Waals surface area contributed by atoms with Gasteiger partial charge in [0, 0.05) is 43.9 Å². The number of nitrogens with zero attached hydrogens (tertiary/aromatic N) is 5. The highest BCUT2D eigenvalue weighted by molar-refractivity contribution is 6.02. The number of likely N-dealkylation sites (N-methyl/N-ethyl adjacent to an activating group) is 2. The predicted molar refractivity (Wildman–Crippen MR) is 163 cm³/mol.